The summed E-state index contributed by atoms with van der Waals surface area (Å²) in [6.07, 6.45) is 8.11. The number of carbonyl (C=O) groups is 3. The zero-order chi connectivity index (χ0) is 35.4. The highest BCUT2D eigenvalue weighted by molar-refractivity contribution is 5.96. The number of carboxylic acid groups (broad SMARTS) is 1. The van der Waals surface area contributed by atoms with Crippen molar-refractivity contribution in [2.75, 3.05) is 13.7 Å². The van der Waals surface area contributed by atoms with E-state index in [2.05, 4.69) is 10.6 Å². The smallest absolute Gasteiger partial charge is 0.330 e. The Kier molecular flexibility index (Phi) is 10.0. The summed E-state index contributed by atoms with van der Waals surface area (Å²) in [4.78, 5) is 47.7. The van der Waals surface area contributed by atoms with Gasteiger partial charge in [0, 0.05) is 42.0 Å². The Morgan fingerprint density at radius 3 is 2.57 bits per heavy atom. The molecule has 4 aromatic rings. The maximum atomic E-state index is 14.5. The second kappa shape index (κ2) is 14.9. The van der Waals surface area contributed by atoms with E-state index < -0.39 is 35.6 Å². The number of benzene rings is 3. The molecule has 3 aromatic carbocycles. The molecule has 2 amide bonds. The summed E-state index contributed by atoms with van der Waals surface area (Å²) < 4.78 is 12.2. The minimum Gasteiger partial charge on any atom is -0.497 e. The summed E-state index contributed by atoms with van der Waals surface area (Å²) in [6, 6.07) is 25.8. The standard InChI is InChI=1S/C41H44N4O6/c1-50-30-19-20-32-35(21-30)43-34(28-15-9-6-10-16-28)23-37(32)51-31-22-36-38(46)44-41(40(48)49)24-29(41)17-11-3-2-4-12-18-33(39(47)45(36)26-31)42-25-27-13-7-5-8-14-27/h5-11,13-17,19-21,23,29,31,33,36,42H,2-4,12,18,22,24-26H2,1H3,(H,44,46)(H,48,49)/t29-,31-,33+,36+,41-/m1/s1. The van der Waals surface area contributed by atoms with E-state index in [4.69, 9.17) is 14.5 Å². The molecule has 1 saturated carbocycles. The van der Waals surface area contributed by atoms with Crippen molar-refractivity contribution in [2.24, 2.45) is 5.92 Å². The number of aromatic nitrogens is 1. The molecule has 5 atom stereocenters. The molecule has 1 aliphatic carbocycles. The average molecular weight is 689 g/mol. The van der Waals surface area contributed by atoms with Crippen LogP contribution in [0.3, 0.4) is 0 Å². The predicted octanol–water partition coefficient (Wildman–Crippen LogP) is 5.90. The number of pyridine rings is 1. The molecule has 10 nitrogen and oxygen atoms in total. The van der Waals surface area contributed by atoms with E-state index in [1.807, 2.05) is 97.1 Å². The molecule has 3 aliphatic rings. The lowest BCUT2D eigenvalue weighted by atomic mass is 10.0. The van der Waals surface area contributed by atoms with Gasteiger partial charge in [0.2, 0.25) is 11.8 Å². The van der Waals surface area contributed by atoms with E-state index >= 15 is 0 Å². The molecule has 51 heavy (non-hydrogen) atoms. The van der Waals surface area contributed by atoms with Gasteiger partial charge in [0.15, 0.2) is 0 Å². The van der Waals surface area contributed by atoms with Gasteiger partial charge >= 0.3 is 5.97 Å². The minimum absolute atomic E-state index is 0.171. The minimum atomic E-state index is -1.38. The summed E-state index contributed by atoms with van der Waals surface area (Å²) in [5, 5.41) is 17.4. The fourth-order valence-electron chi connectivity index (χ4n) is 7.38. The normalized spacial score (nSPS) is 25.2. The lowest BCUT2D eigenvalue weighted by Crippen LogP contribution is -2.55. The molecule has 7 rings (SSSR count). The molecule has 3 heterocycles. The zero-order valence-corrected chi connectivity index (χ0v) is 28.8. The van der Waals surface area contributed by atoms with E-state index in [1.54, 1.807) is 12.0 Å². The molecular weight excluding hydrogens is 644 g/mol. The highest BCUT2D eigenvalue weighted by Crippen LogP contribution is 2.45. The summed E-state index contributed by atoms with van der Waals surface area (Å²) >= 11 is 0. The van der Waals surface area contributed by atoms with Crippen molar-refractivity contribution < 1.29 is 29.0 Å². The number of ether oxygens (including phenoxy) is 2. The Hall–Kier alpha value is -5.22. The van der Waals surface area contributed by atoms with Crippen LogP contribution in [0.15, 0.2) is 97.1 Å². The number of amides is 2. The largest absolute Gasteiger partial charge is 0.497 e. The summed E-state index contributed by atoms with van der Waals surface area (Å²) in [5.41, 5.74) is 2.00. The van der Waals surface area contributed by atoms with Crippen LogP contribution in [0, 0.1) is 5.92 Å². The van der Waals surface area contributed by atoms with Crippen molar-refractivity contribution in [1.82, 2.24) is 20.5 Å². The molecule has 0 bridgehead atoms. The fourth-order valence-corrected chi connectivity index (χ4v) is 7.38. The van der Waals surface area contributed by atoms with Gasteiger partial charge in [0.05, 0.1) is 30.9 Å². The van der Waals surface area contributed by atoms with E-state index in [0.717, 1.165) is 47.9 Å². The Balaban J connectivity index is 1.21. The van der Waals surface area contributed by atoms with Crippen molar-refractivity contribution >= 4 is 28.7 Å². The van der Waals surface area contributed by atoms with E-state index in [-0.39, 0.29) is 24.8 Å². The van der Waals surface area contributed by atoms with Gasteiger partial charge in [-0.05, 0) is 43.4 Å². The van der Waals surface area contributed by atoms with Gasteiger partial charge in [0.1, 0.15) is 29.2 Å². The first-order valence-corrected chi connectivity index (χ1v) is 17.9. The van der Waals surface area contributed by atoms with Crippen LogP contribution in [0.4, 0.5) is 0 Å². The predicted molar refractivity (Wildman–Crippen MR) is 194 cm³/mol. The van der Waals surface area contributed by atoms with Gasteiger partial charge in [0.25, 0.3) is 0 Å². The Morgan fingerprint density at radius 1 is 1.02 bits per heavy atom. The number of fused-ring (bicyclic) bond motifs is 3. The third kappa shape index (κ3) is 7.46. The highest BCUT2D eigenvalue weighted by Gasteiger charge is 2.61. The van der Waals surface area contributed by atoms with Crippen LogP contribution in [0.1, 0.15) is 50.5 Å². The number of rotatable bonds is 8. The zero-order valence-electron chi connectivity index (χ0n) is 28.8. The summed E-state index contributed by atoms with van der Waals surface area (Å²) in [5.74, 6) is -0.772. The van der Waals surface area contributed by atoms with Crippen LogP contribution in [-0.4, -0.2) is 70.2 Å². The molecule has 264 valence electrons. The lowest BCUT2D eigenvalue weighted by molar-refractivity contribution is -0.145. The van der Waals surface area contributed by atoms with Crippen LogP contribution < -0.4 is 20.1 Å². The monoisotopic (exact) mass is 688 g/mol. The van der Waals surface area contributed by atoms with Gasteiger partial charge < -0.3 is 30.1 Å². The molecule has 1 aromatic heterocycles. The SMILES string of the molecule is COc1ccc2c(O[C@@H]3C[C@H]4C(=O)N[C@]5(C(=O)O)C[C@H]5C=CCCCCC[C@H](NCc5ccccc5)C(=O)N4C3)cc(-c3ccccc3)nc2c1. The van der Waals surface area contributed by atoms with Crippen molar-refractivity contribution in [3.05, 3.63) is 103 Å². The van der Waals surface area contributed by atoms with Gasteiger partial charge in [-0.1, -0.05) is 85.7 Å². The average Bonchev–Trinajstić information content (AvgIpc) is 3.69. The first-order chi connectivity index (χ1) is 24.8. The number of aliphatic carboxylic acids is 1. The highest BCUT2D eigenvalue weighted by atomic mass is 16.5. The summed E-state index contributed by atoms with van der Waals surface area (Å²) in [7, 11) is 1.61. The van der Waals surface area contributed by atoms with Gasteiger partial charge in [-0.15, -0.1) is 0 Å². The number of carbonyl (C=O) groups excluding carboxylic acids is 2. The second-order valence-corrected chi connectivity index (χ2v) is 13.8. The number of nitrogens with one attached hydrogen (secondary N) is 2. The van der Waals surface area contributed by atoms with E-state index in [1.165, 1.54) is 0 Å². The number of hydrogen-bond acceptors (Lipinski definition) is 7. The van der Waals surface area contributed by atoms with Crippen LogP contribution in [0.25, 0.3) is 22.2 Å². The van der Waals surface area contributed by atoms with E-state index in [9.17, 15) is 19.5 Å². The van der Waals surface area contributed by atoms with Crippen molar-refractivity contribution in [1.29, 1.82) is 0 Å². The third-order valence-corrected chi connectivity index (χ3v) is 10.4. The molecule has 3 N–H and O–H groups in total. The molecule has 1 saturated heterocycles. The maximum absolute atomic E-state index is 14.5. The van der Waals surface area contributed by atoms with Crippen LogP contribution in [0.2, 0.25) is 0 Å². The van der Waals surface area contributed by atoms with Gasteiger partial charge in [-0.2, -0.15) is 0 Å². The lowest BCUT2D eigenvalue weighted by Gasteiger charge is -2.29. The van der Waals surface area contributed by atoms with Crippen molar-refractivity contribution in [3.63, 3.8) is 0 Å². The molecule has 0 spiro atoms. The molecule has 2 aliphatic heterocycles. The Labute approximate surface area is 297 Å². The van der Waals surface area contributed by atoms with Crippen LogP contribution >= 0.6 is 0 Å². The third-order valence-electron chi connectivity index (χ3n) is 10.4. The number of allylic oxidation sites excluding steroid dienone is 1. The van der Waals surface area contributed by atoms with Gasteiger partial charge in [-0.25, -0.2) is 9.78 Å². The first-order valence-electron chi connectivity index (χ1n) is 17.9. The molecule has 0 radical (unpaired) electrons. The summed E-state index contributed by atoms with van der Waals surface area (Å²) in [6.45, 7) is 0.674. The molecule has 0 unspecified atom stereocenters. The topological polar surface area (TPSA) is 130 Å². The Bertz CT molecular complexity index is 1920. The number of carboxylic acids is 1. The molecule has 2 fully saturated rings. The molecular formula is C41H44N4O6. The van der Waals surface area contributed by atoms with E-state index in [0.29, 0.717) is 36.4 Å². The van der Waals surface area contributed by atoms with Crippen LogP contribution in [0.5, 0.6) is 11.5 Å². The first kappa shape index (κ1) is 34.2. The van der Waals surface area contributed by atoms with Crippen molar-refractivity contribution in [2.45, 2.75) is 75.2 Å². The van der Waals surface area contributed by atoms with Crippen molar-refractivity contribution in [3.8, 4) is 22.8 Å². The maximum Gasteiger partial charge on any atom is 0.330 e. The Morgan fingerprint density at radius 2 is 1.80 bits per heavy atom. The number of methoxy groups -OCH3 is 1. The van der Waals surface area contributed by atoms with Crippen LogP contribution in [-0.2, 0) is 20.9 Å². The fraction of sp³-hybridized carbons (Fsp3) is 0.366. The number of nitrogens with zero attached hydrogens (tertiary/aromatic N) is 2. The van der Waals surface area contributed by atoms with Gasteiger partial charge in [-0.3, -0.25) is 9.59 Å². The quantitative estimate of drug-likeness (QED) is 0.195. The second-order valence-electron chi connectivity index (χ2n) is 13.8. The number of hydrogen-bond donors (Lipinski definition) is 3. The molecule has 10 heteroatoms.